The van der Waals surface area contributed by atoms with E-state index >= 15 is 0 Å². The standard InChI is InChI=1S/C12H14N4O4S/c1-7-10(6-16(2)14-7)15-21(19,20)11-4-3-8(13)5-9(11)12(17)18/h3-6,15H,13H2,1-2H3,(H,17,18). The zero-order chi connectivity index (χ0) is 15.8. The lowest BCUT2D eigenvalue weighted by Crippen LogP contribution is -2.17. The van der Waals surface area contributed by atoms with Crippen LogP contribution in [-0.4, -0.2) is 29.3 Å². The largest absolute Gasteiger partial charge is 0.478 e. The number of aromatic carboxylic acids is 1. The van der Waals surface area contributed by atoms with Crippen molar-refractivity contribution < 1.29 is 18.3 Å². The molecule has 0 fully saturated rings. The Bertz CT molecular complexity index is 811. The van der Waals surface area contributed by atoms with Gasteiger partial charge in [-0.25, -0.2) is 13.2 Å². The first-order valence-electron chi connectivity index (χ1n) is 5.86. The summed E-state index contributed by atoms with van der Waals surface area (Å²) in [5.41, 5.74) is 6.04. The average Bonchev–Trinajstić information content (AvgIpc) is 2.66. The van der Waals surface area contributed by atoms with E-state index < -0.39 is 16.0 Å². The molecule has 1 heterocycles. The third-order valence-electron chi connectivity index (χ3n) is 2.78. The smallest absolute Gasteiger partial charge is 0.337 e. The molecule has 4 N–H and O–H groups in total. The zero-order valence-electron chi connectivity index (χ0n) is 11.4. The van der Waals surface area contributed by atoms with Gasteiger partial charge in [0.05, 0.1) is 16.9 Å². The summed E-state index contributed by atoms with van der Waals surface area (Å²) < 4.78 is 28.5. The molecule has 0 unspecified atom stereocenters. The fourth-order valence-corrected chi connectivity index (χ4v) is 3.13. The van der Waals surface area contributed by atoms with Crippen LogP contribution in [0, 0.1) is 6.92 Å². The summed E-state index contributed by atoms with van der Waals surface area (Å²) in [6, 6.07) is 3.59. The van der Waals surface area contributed by atoms with Crippen molar-refractivity contribution in [3.05, 3.63) is 35.7 Å². The molecule has 1 aromatic heterocycles. The molecular weight excluding hydrogens is 296 g/mol. The van der Waals surface area contributed by atoms with E-state index in [1.165, 1.54) is 16.9 Å². The van der Waals surface area contributed by atoms with Gasteiger partial charge in [-0.15, -0.1) is 0 Å². The zero-order valence-corrected chi connectivity index (χ0v) is 12.2. The fraction of sp³-hybridized carbons (Fsp3) is 0.167. The first-order valence-corrected chi connectivity index (χ1v) is 7.35. The summed E-state index contributed by atoms with van der Waals surface area (Å²) in [6.07, 6.45) is 1.49. The number of benzene rings is 1. The number of aryl methyl sites for hydroxylation is 2. The SMILES string of the molecule is Cc1nn(C)cc1NS(=O)(=O)c1ccc(N)cc1C(=O)O. The minimum atomic E-state index is -4.05. The van der Waals surface area contributed by atoms with E-state index in [4.69, 9.17) is 10.8 Å². The minimum Gasteiger partial charge on any atom is -0.478 e. The Kier molecular flexibility index (Phi) is 3.60. The highest BCUT2D eigenvalue weighted by Crippen LogP contribution is 2.23. The summed E-state index contributed by atoms with van der Waals surface area (Å²) >= 11 is 0. The minimum absolute atomic E-state index is 0.170. The number of anilines is 2. The molecule has 0 amide bonds. The highest BCUT2D eigenvalue weighted by Gasteiger charge is 2.23. The number of hydrogen-bond acceptors (Lipinski definition) is 5. The molecule has 0 bridgehead atoms. The van der Waals surface area contributed by atoms with Crippen LogP contribution in [0.4, 0.5) is 11.4 Å². The van der Waals surface area contributed by atoms with Gasteiger partial charge in [-0.2, -0.15) is 5.10 Å². The molecule has 1 aromatic carbocycles. The average molecular weight is 310 g/mol. The molecule has 21 heavy (non-hydrogen) atoms. The van der Waals surface area contributed by atoms with E-state index in [9.17, 15) is 13.2 Å². The van der Waals surface area contributed by atoms with Crippen LogP contribution in [0.15, 0.2) is 29.3 Å². The summed E-state index contributed by atoms with van der Waals surface area (Å²) in [6.45, 7) is 1.64. The molecule has 0 atom stereocenters. The number of rotatable bonds is 4. The first kappa shape index (κ1) is 14.9. The van der Waals surface area contributed by atoms with Crippen LogP contribution in [0.2, 0.25) is 0 Å². The van der Waals surface area contributed by atoms with Gasteiger partial charge in [0.15, 0.2) is 0 Å². The van der Waals surface area contributed by atoms with Crippen LogP contribution < -0.4 is 10.5 Å². The van der Waals surface area contributed by atoms with Gasteiger partial charge in [0.25, 0.3) is 10.0 Å². The second kappa shape index (κ2) is 5.09. The van der Waals surface area contributed by atoms with Crippen molar-refractivity contribution in [1.29, 1.82) is 0 Å². The quantitative estimate of drug-likeness (QED) is 0.717. The van der Waals surface area contributed by atoms with Crippen molar-refractivity contribution in [3.63, 3.8) is 0 Å². The number of carboxylic acids is 1. The van der Waals surface area contributed by atoms with E-state index in [0.29, 0.717) is 5.69 Å². The van der Waals surface area contributed by atoms with Crippen molar-refractivity contribution in [2.24, 2.45) is 7.05 Å². The summed E-state index contributed by atoms with van der Waals surface area (Å²) in [7, 11) is -2.41. The molecule has 0 aliphatic heterocycles. The fourth-order valence-electron chi connectivity index (χ4n) is 1.85. The van der Waals surface area contributed by atoms with Crippen molar-refractivity contribution in [2.45, 2.75) is 11.8 Å². The van der Waals surface area contributed by atoms with Gasteiger partial charge >= 0.3 is 5.97 Å². The number of nitrogens with zero attached hydrogens (tertiary/aromatic N) is 2. The lowest BCUT2D eigenvalue weighted by Gasteiger charge is -2.10. The van der Waals surface area contributed by atoms with E-state index in [1.807, 2.05) is 0 Å². The third kappa shape index (κ3) is 2.97. The third-order valence-corrected chi connectivity index (χ3v) is 4.20. The highest BCUT2D eigenvalue weighted by molar-refractivity contribution is 7.92. The van der Waals surface area contributed by atoms with Gasteiger partial charge in [0.2, 0.25) is 0 Å². The molecule has 0 radical (unpaired) electrons. The van der Waals surface area contributed by atoms with Crippen LogP contribution in [0.3, 0.4) is 0 Å². The van der Waals surface area contributed by atoms with Crippen molar-refractivity contribution in [2.75, 3.05) is 10.5 Å². The number of nitrogens with two attached hydrogens (primary N) is 1. The number of sulfonamides is 1. The Balaban J connectivity index is 2.50. The maximum absolute atomic E-state index is 12.3. The summed E-state index contributed by atoms with van der Waals surface area (Å²) in [4.78, 5) is 10.8. The molecule has 0 saturated carbocycles. The van der Waals surface area contributed by atoms with Gasteiger partial charge in [-0.05, 0) is 25.1 Å². The van der Waals surface area contributed by atoms with E-state index in [-0.39, 0.29) is 21.8 Å². The Morgan fingerprint density at radius 3 is 2.62 bits per heavy atom. The number of hydrogen-bond donors (Lipinski definition) is 3. The van der Waals surface area contributed by atoms with E-state index in [0.717, 1.165) is 12.1 Å². The molecule has 0 aliphatic carbocycles. The molecule has 2 aromatic rings. The van der Waals surface area contributed by atoms with Crippen molar-refractivity contribution in [3.8, 4) is 0 Å². The normalized spacial score (nSPS) is 11.3. The number of aromatic nitrogens is 2. The van der Waals surface area contributed by atoms with Crippen molar-refractivity contribution >= 4 is 27.4 Å². The maximum Gasteiger partial charge on any atom is 0.337 e. The van der Waals surface area contributed by atoms with Crippen molar-refractivity contribution in [1.82, 2.24) is 9.78 Å². The number of nitrogens with one attached hydrogen (secondary N) is 1. The van der Waals surface area contributed by atoms with E-state index in [2.05, 4.69) is 9.82 Å². The topological polar surface area (TPSA) is 127 Å². The Hall–Kier alpha value is -2.55. The Labute approximate surface area is 121 Å². The molecular formula is C12H14N4O4S. The van der Waals surface area contributed by atoms with Crippen LogP contribution in [0.5, 0.6) is 0 Å². The monoisotopic (exact) mass is 310 g/mol. The first-order chi connectivity index (χ1) is 9.70. The second-order valence-corrected chi connectivity index (χ2v) is 6.12. The van der Waals surface area contributed by atoms with Gasteiger partial charge in [-0.1, -0.05) is 0 Å². The summed E-state index contributed by atoms with van der Waals surface area (Å²) in [5, 5.41) is 13.1. The van der Waals surface area contributed by atoms with Crippen LogP contribution in [0.25, 0.3) is 0 Å². The lowest BCUT2D eigenvalue weighted by atomic mass is 10.2. The molecule has 9 heteroatoms. The molecule has 0 aliphatic rings. The van der Waals surface area contributed by atoms with Gasteiger partial charge in [0, 0.05) is 18.9 Å². The van der Waals surface area contributed by atoms with Crippen LogP contribution in [-0.2, 0) is 17.1 Å². The predicted molar refractivity (Wildman–Crippen MR) is 76.6 cm³/mol. The molecule has 0 spiro atoms. The van der Waals surface area contributed by atoms with E-state index in [1.54, 1.807) is 14.0 Å². The van der Waals surface area contributed by atoms with Gasteiger partial charge < -0.3 is 10.8 Å². The predicted octanol–water partition coefficient (Wildman–Crippen LogP) is 0.810. The van der Waals surface area contributed by atoms with Crippen LogP contribution >= 0.6 is 0 Å². The molecule has 8 nitrogen and oxygen atoms in total. The molecule has 2 rings (SSSR count). The van der Waals surface area contributed by atoms with Gasteiger partial charge in [-0.3, -0.25) is 9.40 Å². The number of nitrogen functional groups attached to an aromatic ring is 1. The summed E-state index contributed by atoms with van der Waals surface area (Å²) in [5.74, 6) is -1.37. The molecule has 0 saturated heterocycles. The van der Waals surface area contributed by atoms with Gasteiger partial charge in [0.1, 0.15) is 4.90 Å². The Morgan fingerprint density at radius 2 is 2.10 bits per heavy atom. The van der Waals surface area contributed by atoms with Crippen LogP contribution in [0.1, 0.15) is 16.1 Å². The lowest BCUT2D eigenvalue weighted by molar-refractivity contribution is 0.0692. The molecule has 112 valence electrons. The highest BCUT2D eigenvalue weighted by atomic mass is 32.2. The second-order valence-electron chi connectivity index (χ2n) is 4.47. The maximum atomic E-state index is 12.3. The Morgan fingerprint density at radius 1 is 1.43 bits per heavy atom. The number of carbonyl (C=O) groups is 1. The number of carboxylic acid groups (broad SMARTS) is 1.